The Hall–Kier alpha value is -0.120. The normalized spacial score (nSPS) is 19.2. The van der Waals surface area contributed by atoms with Crippen molar-refractivity contribution in [2.75, 3.05) is 39.3 Å². The molecular weight excluding hydrogens is 222 g/mol. The quantitative estimate of drug-likeness (QED) is 0.783. The first kappa shape index (κ1) is 15.9. The van der Waals surface area contributed by atoms with Gasteiger partial charge >= 0.3 is 0 Å². The number of hydrogen-bond acceptors (Lipinski definition) is 3. The molecule has 1 aliphatic rings. The Kier molecular flexibility index (Phi) is 6.09. The summed E-state index contributed by atoms with van der Waals surface area (Å²) >= 11 is 0. The Morgan fingerprint density at radius 2 is 1.67 bits per heavy atom. The van der Waals surface area contributed by atoms with Crippen molar-refractivity contribution in [3.8, 4) is 0 Å². The highest BCUT2D eigenvalue weighted by Crippen LogP contribution is 2.19. The van der Waals surface area contributed by atoms with Crippen LogP contribution in [0.15, 0.2) is 0 Å². The van der Waals surface area contributed by atoms with Crippen LogP contribution in [0.5, 0.6) is 0 Å². The molecule has 3 nitrogen and oxygen atoms in total. The first-order valence-corrected chi connectivity index (χ1v) is 7.53. The number of nitrogens with zero attached hydrogens (tertiary/aromatic N) is 2. The van der Waals surface area contributed by atoms with E-state index < -0.39 is 0 Å². The van der Waals surface area contributed by atoms with Gasteiger partial charge in [0.1, 0.15) is 0 Å². The molecule has 1 rings (SSSR count). The molecule has 18 heavy (non-hydrogen) atoms. The highest BCUT2D eigenvalue weighted by atomic mass is 15.3. The molecule has 0 amide bonds. The van der Waals surface area contributed by atoms with E-state index in [1.807, 2.05) is 0 Å². The zero-order valence-corrected chi connectivity index (χ0v) is 13.3. The van der Waals surface area contributed by atoms with Gasteiger partial charge in [-0.15, -0.1) is 0 Å². The van der Waals surface area contributed by atoms with Crippen molar-refractivity contribution in [1.82, 2.24) is 15.1 Å². The summed E-state index contributed by atoms with van der Waals surface area (Å²) in [7, 11) is 0. The summed E-state index contributed by atoms with van der Waals surface area (Å²) in [5, 5.41) is 3.44. The summed E-state index contributed by atoms with van der Waals surface area (Å²) < 4.78 is 0. The summed E-state index contributed by atoms with van der Waals surface area (Å²) in [5.41, 5.74) is 0.279. The minimum absolute atomic E-state index is 0.279. The second-order valence-electron chi connectivity index (χ2n) is 6.97. The molecule has 0 spiro atoms. The minimum atomic E-state index is 0.279. The Balaban J connectivity index is 2.59. The summed E-state index contributed by atoms with van der Waals surface area (Å²) in [4.78, 5) is 5.27. The molecule has 0 unspecified atom stereocenters. The van der Waals surface area contributed by atoms with Crippen molar-refractivity contribution >= 4 is 0 Å². The Morgan fingerprint density at radius 1 is 1.11 bits per heavy atom. The summed E-state index contributed by atoms with van der Waals surface area (Å²) in [5.74, 6) is 0.742. The molecule has 1 aliphatic heterocycles. The third-order valence-electron chi connectivity index (χ3n) is 3.89. The molecule has 0 radical (unpaired) electrons. The predicted octanol–water partition coefficient (Wildman–Crippen LogP) is 2.04. The van der Waals surface area contributed by atoms with Crippen LogP contribution in [-0.2, 0) is 0 Å². The Labute approximate surface area is 114 Å². The van der Waals surface area contributed by atoms with Gasteiger partial charge in [-0.1, -0.05) is 13.8 Å². The Morgan fingerprint density at radius 3 is 2.11 bits per heavy atom. The minimum Gasteiger partial charge on any atom is -0.314 e. The highest BCUT2D eigenvalue weighted by Gasteiger charge is 2.30. The third-order valence-corrected chi connectivity index (χ3v) is 3.89. The monoisotopic (exact) mass is 255 g/mol. The van der Waals surface area contributed by atoms with Crippen molar-refractivity contribution in [3.63, 3.8) is 0 Å². The molecule has 0 aromatic rings. The van der Waals surface area contributed by atoms with Crippen LogP contribution in [0.4, 0.5) is 0 Å². The van der Waals surface area contributed by atoms with Crippen LogP contribution in [0, 0.1) is 5.92 Å². The number of nitrogens with one attached hydrogen (secondary N) is 1. The molecule has 3 heteroatoms. The molecule has 0 atom stereocenters. The van der Waals surface area contributed by atoms with Gasteiger partial charge in [0.25, 0.3) is 0 Å². The van der Waals surface area contributed by atoms with Gasteiger partial charge in [0, 0.05) is 50.8 Å². The van der Waals surface area contributed by atoms with Crippen molar-refractivity contribution in [2.45, 2.75) is 53.1 Å². The summed E-state index contributed by atoms with van der Waals surface area (Å²) in [6, 6.07) is 0.634. The van der Waals surface area contributed by atoms with E-state index in [-0.39, 0.29) is 5.54 Å². The summed E-state index contributed by atoms with van der Waals surface area (Å²) in [6.45, 7) is 21.1. The van der Waals surface area contributed by atoms with Crippen molar-refractivity contribution in [1.29, 1.82) is 0 Å². The van der Waals surface area contributed by atoms with Gasteiger partial charge in [0.05, 0.1) is 0 Å². The van der Waals surface area contributed by atoms with E-state index in [2.05, 4.69) is 56.7 Å². The first-order valence-electron chi connectivity index (χ1n) is 7.53. The topological polar surface area (TPSA) is 18.5 Å². The first-order chi connectivity index (χ1) is 8.33. The molecule has 0 bridgehead atoms. The van der Waals surface area contributed by atoms with Crippen LogP contribution in [0.2, 0.25) is 0 Å². The molecule has 1 saturated heterocycles. The fourth-order valence-corrected chi connectivity index (χ4v) is 2.79. The van der Waals surface area contributed by atoms with Crippen molar-refractivity contribution in [2.24, 2.45) is 5.92 Å². The maximum atomic E-state index is 3.44. The van der Waals surface area contributed by atoms with E-state index in [0.717, 1.165) is 19.0 Å². The van der Waals surface area contributed by atoms with E-state index in [1.54, 1.807) is 0 Å². The summed E-state index contributed by atoms with van der Waals surface area (Å²) in [6.07, 6.45) is 0. The Bertz CT molecular complexity index is 230. The fraction of sp³-hybridized carbons (Fsp3) is 1.00. The molecule has 1 N–H and O–H groups in total. The van der Waals surface area contributed by atoms with Crippen LogP contribution in [0.25, 0.3) is 0 Å². The van der Waals surface area contributed by atoms with E-state index in [4.69, 9.17) is 0 Å². The van der Waals surface area contributed by atoms with Crippen LogP contribution in [0.1, 0.15) is 41.5 Å². The average molecular weight is 255 g/mol. The fourth-order valence-electron chi connectivity index (χ4n) is 2.79. The molecule has 0 aliphatic carbocycles. The van der Waals surface area contributed by atoms with Gasteiger partial charge < -0.3 is 5.32 Å². The molecule has 0 saturated carbocycles. The van der Waals surface area contributed by atoms with Crippen LogP contribution in [-0.4, -0.2) is 60.6 Å². The molecule has 0 aromatic carbocycles. The predicted molar refractivity (Wildman–Crippen MR) is 80.1 cm³/mol. The molecule has 1 fully saturated rings. The standard InChI is InChI=1S/C15H33N3/c1-13(2)11-17(14(3)4)12-15(5,6)18-9-7-16-8-10-18/h13-14,16H,7-12H2,1-6H3. The molecule has 0 aromatic heterocycles. The van der Waals surface area contributed by atoms with E-state index >= 15 is 0 Å². The van der Waals surface area contributed by atoms with Gasteiger partial charge in [-0.25, -0.2) is 0 Å². The van der Waals surface area contributed by atoms with Gasteiger partial charge in [-0.2, -0.15) is 0 Å². The average Bonchev–Trinajstić information content (AvgIpc) is 2.28. The van der Waals surface area contributed by atoms with E-state index in [9.17, 15) is 0 Å². The lowest BCUT2D eigenvalue weighted by atomic mass is 9.99. The smallest absolute Gasteiger partial charge is 0.0281 e. The van der Waals surface area contributed by atoms with Crippen LogP contribution >= 0.6 is 0 Å². The zero-order chi connectivity index (χ0) is 13.8. The maximum Gasteiger partial charge on any atom is 0.0281 e. The van der Waals surface area contributed by atoms with Gasteiger partial charge in [-0.3, -0.25) is 9.80 Å². The number of hydrogen-bond donors (Lipinski definition) is 1. The molecular formula is C15H33N3. The lowest BCUT2D eigenvalue weighted by Gasteiger charge is -2.45. The highest BCUT2D eigenvalue weighted by molar-refractivity contribution is 4.88. The maximum absolute atomic E-state index is 3.44. The van der Waals surface area contributed by atoms with Crippen LogP contribution < -0.4 is 5.32 Å². The van der Waals surface area contributed by atoms with Crippen molar-refractivity contribution < 1.29 is 0 Å². The van der Waals surface area contributed by atoms with Gasteiger partial charge in [0.2, 0.25) is 0 Å². The number of rotatable bonds is 6. The second-order valence-corrected chi connectivity index (χ2v) is 6.97. The second kappa shape index (κ2) is 6.88. The van der Waals surface area contributed by atoms with Gasteiger partial charge in [-0.05, 0) is 33.6 Å². The third kappa shape index (κ3) is 4.87. The van der Waals surface area contributed by atoms with Crippen LogP contribution in [0.3, 0.4) is 0 Å². The molecule has 1 heterocycles. The zero-order valence-electron chi connectivity index (χ0n) is 13.3. The largest absolute Gasteiger partial charge is 0.314 e. The van der Waals surface area contributed by atoms with E-state index in [1.165, 1.54) is 26.2 Å². The lowest BCUT2D eigenvalue weighted by Crippen LogP contribution is -2.58. The lowest BCUT2D eigenvalue weighted by molar-refractivity contribution is 0.0476. The molecule has 108 valence electrons. The SMILES string of the molecule is CC(C)CN(CC(C)(C)N1CCNCC1)C(C)C. The number of piperazine rings is 1. The van der Waals surface area contributed by atoms with Gasteiger partial charge in [0.15, 0.2) is 0 Å². The van der Waals surface area contributed by atoms with E-state index in [0.29, 0.717) is 6.04 Å². The van der Waals surface area contributed by atoms with Crippen molar-refractivity contribution in [3.05, 3.63) is 0 Å².